The van der Waals surface area contributed by atoms with E-state index in [1.165, 1.54) is 5.56 Å². The Bertz CT molecular complexity index is 373. The van der Waals surface area contributed by atoms with Crippen molar-refractivity contribution in [3.63, 3.8) is 0 Å². The fourth-order valence-electron chi connectivity index (χ4n) is 1.86. The summed E-state index contributed by atoms with van der Waals surface area (Å²) >= 11 is 0. The van der Waals surface area contributed by atoms with Gasteiger partial charge in [0.05, 0.1) is 12.2 Å². The fraction of sp³-hybridized carbons (Fsp3) is 0.692. The van der Waals surface area contributed by atoms with Gasteiger partial charge in [-0.25, -0.2) is 0 Å². The van der Waals surface area contributed by atoms with E-state index in [1.54, 1.807) is 0 Å². The van der Waals surface area contributed by atoms with Crippen LogP contribution in [0.1, 0.15) is 37.9 Å². The van der Waals surface area contributed by atoms with Crippen LogP contribution in [0.5, 0.6) is 0 Å². The van der Waals surface area contributed by atoms with Crippen LogP contribution in [0.15, 0.2) is 6.20 Å². The summed E-state index contributed by atoms with van der Waals surface area (Å²) in [4.78, 5) is 11.7. The van der Waals surface area contributed by atoms with Crippen molar-refractivity contribution >= 4 is 5.91 Å². The minimum absolute atomic E-state index is 0.0485. The van der Waals surface area contributed by atoms with Crippen molar-refractivity contribution in [1.29, 1.82) is 0 Å². The predicted octanol–water partition coefficient (Wildman–Crippen LogP) is 1.14. The molecule has 1 aromatic rings. The van der Waals surface area contributed by atoms with E-state index in [9.17, 15) is 4.79 Å². The lowest BCUT2D eigenvalue weighted by Crippen LogP contribution is -2.41. The Morgan fingerprint density at radius 3 is 2.83 bits per heavy atom. The summed E-state index contributed by atoms with van der Waals surface area (Å²) in [5, 5.41) is 9.74. The molecule has 5 heteroatoms. The summed E-state index contributed by atoms with van der Waals surface area (Å²) in [6, 6.07) is -0.388. The van der Waals surface area contributed by atoms with Gasteiger partial charge < -0.3 is 11.1 Å². The maximum atomic E-state index is 11.7. The van der Waals surface area contributed by atoms with E-state index in [0.717, 1.165) is 25.0 Å². The smallest absolute Gasteiger partial charge is 0.236 e. The van der Waals surface area contributed by atoms with Crippen LogP contribution in [-0.2, 0) is 11.2 Å². The lowest BCUT2D eigenvalue weighted by atomic mass is 10.0. The van der Waals surface area contributed by atoms with Crippen LogP contribution in [0.2, 0.25) is 0 Å². The number of aromatic nitrogens is 2. The van der Waals surface area contributed by atoms with Gasteiger partial charge in [-0.3, -0.25) is 9.89 Å². The Hall–Kier alpha value is -1.36. The molecule has 1 unspecified atom stereocenters. The first-order valence-corrected chi connectivity index (χ1v) is 6.52. The third-order valence-corrected chi connectivity index (χ3v) is 2.92. The van der Waals surface area contributed by atoms with Gasteiger partial charge in [0, 0.05) is 12.2 Å². The van der Waals surface area contributed by atoms with E-state index in [4.69, 9.17) is 5.73 Å². The standard InChI is InChI=1S/C13H24N4O/c1-9(2)7-12(14)13(18)15-6-4-5-11-8-16-17-10(11)3/h8-9,12H,4-7,14H2,1-3H3,(H,15,18)(H,16,17). The number of hydrogen-bond acceptors (Lipinski definition) is 3. The number of aromatic amines is 1. The van der Waals surface area contributed by atoms with Gasteiger partial charge in [0.15, 0.2) is 0 Å². The molecule has 1 rings (SSSR count). The van der Waals surface area contributed by atoms with E-state index in [0.29, 0.717) is 12.5 Å². The number of nitrogens with two attached hydrogens (primary N) is 1. The van der Waals surface area contributed by atoms with Crippen molar-refractivity contribution in [2.75, 3.05) is 6.54 Å². The van der Waals surface area contributed by atoms with Crippen molar-refractivity contribution in [2.24, 2.45) is 11.7 Å². The molecular formula is C13H24N4O. The molecule has 0 aliphatic carbocycles. The second-order valence-corrected chi connectivity index (χ2v) is 5.15. The van der Waals surface area contributed by atoms with Crippen LogP contribution in [0.4, 0.5) is 0 Å². The molecule has 102 valence electrons. The Balaban J connectivity index is 2.18. The van der Waals surface area contributed by atoms with Crippen molar-refractivity contribution < 1.29 is 4.79 Å². The molecular weight excluding hydrogens is 228 g/mol. The number of carbonyl (C=O) groups excluding carboxylic acids is 1. The lowest BCUT2D eigenvalue weighted by molar-refractivity contribution is -0.122. The second-order valence-electron chi connectivity index (χ2n) is 5.15. The van der Waals surface area contributed by atoms with Gasteiger partial charge >= 0.3 is 0 Å². The van der Waals surface area contributed by atoms with Crippen LogP contribution >= 0.6 is 0 Å². The molecule has 0 aliphatic rings. The van der Waals surface area contributed by atoms with Gasteiger partial charge in [-0.1, -0.05) is 13.8 Å². The third kappa shape index (κ3) is 4.87. The van der Waals surface area contributed by atoms with Crippen LogP contribution in [0.3, 0.4) is 0 Å². The Morgan fingerprint density at radius 1 is 1.56 bits per heavy atom. The van der Waals surface area contributed by atoms with Gasteiger partial charge in [0.1, 0.15) is 0 Å². The average Bonchev–Trinajstić information content (AvgIpc) is 2.69. The average molecular weight is 252 g/mol. The van der Waals surface area contributed by atoms with Crippen LogP contribution in [0, 0.1) is 12.8 Å². The van der Waals surface area contributed by atoms with Gasteiger partial charge in [-0.15, -0.1) is 0 Å². The highest BCUT2D eigenvalue weighted by Crippen LogP contribution is 2.05. The SMILES string of the molecule is Cc1[nH]ncc1CCCNC(=O)C(N)CC(C)C. The number of H-pyrrole nitrogens is 1. The summed E-state index contributed by atoms with van der Waals surface area (Å²) in [6.45, 7) is 6.79. The predicted molar refractivity (Wildman–Crippen MR) is 72.1 cm³/mol. The first-order valence-electron chi connectivity index (χ1n) is 6.52. The molecule has 0 bridgehead atoms. The molecule has 0 aliphatic heterocycles. The molecule has 4 N–H and O–H groups in total. The van der Waals surface area contributed by atoms with Crippen molar-refractivity contribution in [3.05, 3.63) is 17.5 Å². The lowest BCUT2D eigenvalue weighted by Gasteiger charge is -2.13. The topological polar surface area (TPSA) is 83.8 Å². The molecule has 5 nitrogen and oxygen atoms in total. The Labute approximate surface area is 109 Å². The maximum absolute atomic E-state index is 11.7. The van der Waals surface area contributed by atoms with E-state index >= 15 is 0 Å². The number of carbonyl (C=O) groups is 1. The largest absolute Gasteiger partial charge is 0.355 e. The van der Waals surface area contributed by atoms with Crippen LogP contribution in [0.25, 0.3) is 0 Å². The third-order valence-electron chi connectivity index (χ3n) is 2.92. The molecule has 0 fully saturated rings. The second kappa shape index (κ2) is 7.16. The first-order chi connectivity index (χ1) is 8.50. The first kappa shape index (κ1) is 14.7. The van der Waals surface area contributed by atoms with E-state index < -0.39 is 0 Å². The number of aryl methyl sites for hydroxylation is 2. The Morgan fingerprint density at radius 2 is 2.28 bits per heavy atom. The number of nitrogens with one attached hydrogen (secondary N) is 2. The number of rotatable bonds is 7. The summed E-state index contributed by atoms with van der Waals surface area (Å²) < 4.78 is 0. The van der Waals surface area contributed by atoms with Crippen molar-refractivity contribution in [3.8, 4) is 0 Å². The quantitative estimate of drug-likeness (QED) is 0.636. The monoisotopic (exact) mass is 252 g/mol. The van der Waals surface area contributed by atoms with E-state index in [1.807, 2.05) is 13.1 Å². The van der Waals surface area contributed by atoms with Gasteiger partial charge in [-0.05, 0) is 37.7 Å². The molecule has 0 saturated heterocycles. The summed E-state index contributed by atoms with van der Waals surface area (Å²) in [5.41, 5.74) is 8.09. The number of nitrogens with zero attached hydrogens (tertiary/aromatic N) is 1. The normalized spacial score (nSPS) is 12.7. The highest BCUT2D eigenvalue weighted by molar-refractivity contribution is 5.81. The molecule has 0 spiro atoms. The molecule has 1 aromatic heterocycles. The molecule has 1 heterocycles. The highest BCUT2D eigenvalue weighted by Gasteiger charge is 2.13. The van der Waals surface area contributed by atoms with Gasteiger partial charge in [0.2, 0.25) is 5.91 Å². The number of hydrogen-bond donors (Lipinski definition) is 3. The number of amides is 1. The fourth-order valence-corrected chi connectivity index (χ4v) is 1.86. The van der Waals surface area contributed by atoms with Crippen molar-refractivity contribution in [1.82, 2.24) is 15.5 Å². The summed E-state index contributed by atoms with van der Waals surface area (Å²) in [5.74, 6) is 0.395. The molecule has 1 atom stereocenters. The van der Waals surface area contributed by atoms with Gasteiger partial charge in [-0.2, -0.15) is 5.10 Å². The molecule has 0 aromatic carbocycles. The zero-order chi connectivity index (χ0) is 13.5. The summed E-state index contributed by atoms with van der Waals surface area (Å²) in [7, 11) is 0. The molecule has 18 heavy (non-hydrogen) atoms. The Kier molecular flexibility index (Phi) is 5.85. The van der Waals surface area contributed by atoms with Crippen LogP contribution < -0.4 is 11.1 Å². The minimum atomic E-state index is -0.388. The van der Waals surface area contributed by atoms with Crippen LogP contribution in [-0.4, -0.2) is 28.7 Å². The van der Waals surface area contributed by atoms with Gasteiger partial charge in [0.25, 0.3) is 0 Å². The van der Waals surface area contributed by atoms with Crippen molar-refractivity contribution in [2.45, 2.75) is 46.1 Å². The highest BCUT2D eigenvalue weighted by atomic mass is 16.2. The van der Waals surface area contributed by atoms with E-state index in [2.05, 4.69) is 29.4 Å². The molecule has 0 radical (unpaired) electrons. The van der Waals surface area contributed by atoms with E-state index in [-0.39, 0.29) is 11.9 Å². The summed E-state index contributed by atoms with van der Waals surface area (Å²) in [6.07, 6.45) is 4.39. The molecule has 0 saturated carbocycles. The zero-order valence-electron chi connectivity index (χ0n) is 11.5. The minimum Gasteiger partial charge on any atom is -0.355 e. The maximum Gasteiger partial charge on any atom is 0.236 e. The molecule has 1 amide bonds. The zero-order valence-corrected chi connectivity index (χ0v) is 11.5.